The van der Waals surface area contributed by atoms with Crippen molar-refractivity contribution in [2.45, 2.75) is 19.9 Å². The van der Waals surface area contributed by atoms with Crippen LogP contribution in [0.2, 0.25) is 0 Å². The lowest BCUT2D eigenvalue weighted by molar-refractivity contribution is -0.135. The molecule has 2 heterocycles. The van der Waals surface area contributed by atoms with Crippen molar-refractivity contribution in [2.75, 3.05) is 46.9 Å². The lowest BCUT2D eigenvalue weighted by atomic mass is 9.88. The average molecular weight is 396 g/mol. The number of aryl methyl sites for hydroxylation is 1. The number of likely N-dealkylation sites (tertiary alicyclic amines) is 1. The molecule has 0 N–H and O–H groups in total. The van der Waals surface area contributed by atoms with Crippen molar-refractivity contribution in [1.82, 2.24) is 13.5 Å². The van der Waals surface area contributed by atoms with Crippen LogP contribution in [0, 0.1) is 18.8 Å². The monoisotopic (exact) mass is 395 g/mol. The third kappa shape index (κ3) is 3.76. The van der Waals surface area contributed by atoms with E-state index in [2.05, 4.69) is 0 Å². The van der Waals surface area contributed by atoms with Crippen molar-refractivity contribution in [3.05, 3.63) is 35.4 Å². The zero-order valence-corrected chi connectivity index (χ0v) is 17.3. The van der Waals surface area contributed by atoms with E-state index < -0.39 is 10.2 Å². The Hall–Kier alpha value is -1.48. The van der Waals surface area contributed by atoms with E-state index in [-0.39, 0.29) is 30.4 Å². The normalized spacial score (nSPS) is 26.0. The highest BCUT2D eigenvalue weighted by Gasteiger charge is 2.52. The highest BCUT2D eigenvalue weighted by molar-refractivity contribution is 7.86. The van der Waals surface area contributed by atoms with E-state index in [1.807, 2.05) is 43.0 Å². The summed E-state index contributed by atoms with van der Waals surface area (Å²) in [7, 11) is -0.415. The molecule has 1 aromatic rings. The van der Waals surface area contributed by atoms with Gasteiger partial charge in [0, 0.05) is 46.3 Å². The lowest BCUT2D eigenvalue weighted by Crippen LogP contribution is -2.43. The number of carbonyl (C=O) groups excluding carboxylic acids is 1. The van der Waals surface area contributed by atoms with Gasteiger partial charge in [0.25, 0.3) is 10.2 Å². The number of fused-ring (bicyclic) bond motifs is 1. The minimum atomic E-state index is -3.55. The van der Waals surface area contributed by atoms with Crippen LogP contribution in [0.5, 0.6) is 0 Å². The van der Waals surface area contributed by atoms with Gasteiger partial charge in [0.15, 0.2) is 0 Å². The predicted molar refractivity (Wildman–Crippen MR) is 103 cm³/mol. The molecule has 0 radical (unpaired) electrons. The predicted octanol–water partition coefficient (Wildman–Crippen LogP) is 1.27. The van der Waals surface area contributed by atoms with E-state index in [0.717, 1.165) is 11.1 Å². The highest BCUT2D eigenvalue weighted by Crippen LogP contribution is 2.47. The van der Waals surface area contributed by atoms with Crippen molar-refractivity contribution in [2.24, 2.45) is 11.8 Å². The van der Waals surface area contributed by atoms with Crippen LogP contribution in [-0.2, 0) is 19.7 Å². The van der Waals surface area contributed by atoms with Gasteiger partial charge < -0.3 is 9.64 Å². The van der Waals surface area contributed by atoms with Gasteiger partial charge in [-0.1, -0.05) is 24.3 Å². The molecule has 0 aromatic heterocycles. The Morgan fingerprint density at radius 3 is 2.56 bits per heavy atom. The molecular weight excluding hydrogens is 366 g/mol. The van der Waals surface area contributed by atoms with Crippen LogP contribution in [0.15, 0.2) is 24.3 Å². The minimum absolute atomic E-state index is 0.0169. The quantitative estimate of drug-likeness (QED) is 0.727. The number of benzene rings is 1. The summed E-state index contributed by atoms with van der Waals surface area (Å²) in [6.07, 6.45) is 0. The molecule has 0 spiro atoms. The van der Waals surface area contributed by atoms with Crippen molar-refractivity contribution in [3.63, 3.8) is 0 Å². The first-order valence-corrected chi connectivity index (χ1v) is 10.8. The maximum atomic E-state index is 13.0. The van der Waals surface area contributed by atoms with Gasteiger partial charge in [0.2, 0.25) is 5.91 Å². The van der Waals surface area contributed by atoms with E-state index in [1.165, 1.54) is 4.31 Å². The molecule has 7 nitrogen and oxygen atoms in total. The number of rotatable bonds is 6. The first-order valence-electron chi connectivity index (χ1n) is 9.37. The summed E-state index contributed by atoms with van der Waals surface area (Å²) in [4.78, 5) is 14.2. The molecule has 150 valence electrons. The van der Waals surface area contributed by atoms with Gasteiger partial charge in [-0.05, 0) is 30.9 Å². The second-order valence-electron chi connectivity index (χ2n) is 7.52. The molecule has 0 aliphatic carbocycles. The Bertz CT molecular complexity index is 796. The SMILES string of the molecule is CCOCC(=O)N1C[C@H]2CN(S(=O)(=O)N(C)C)[C@H](c3ccccc3C)[C@H]2C1. The Morgan fingerprint density at radius 2 is 1.93 bits per heavy atom. The van der Waals surface area contributed by atoms with Gasteiger partial charge >= 0.3 is 0 Å². The Balaban J connectivity index is 1.92. The summed E-state index contributed by atoms with van der Waals surface area (Å²) in [5, 5.41) is 0. The summed E-state index contributed by atoms with van der Waals surface area (Å²) in [5.41, 5.74) is 2.09. The summed E-state index contributed by atoms with van der Waals surface area (Å²) >= 11 is 0. The summed E-state index contributed by atoms with van der Waals surface area (Å²) in [6, 6.07) is 7.67. The van der Waals surface area contributed by atoms with Crippen LogP contribution in [-0.4, -0.2) is 74.8 Å². The second kappa shape index (κ2) is 7.87. The van der Waals surface area contributed by atoms with Crippen molar-refractivity contribution < 1.29 is 17.9 Å². The van der Waals surface area contributed by atoms with Gasteiger partial charge in [-0.15, -0.1) is 0 Å². The van der Waals surface area contributed by atoms with Gasteiger partial charge in [-0.25, -0.2) is 0 Å². The molecule has 2 saturated heterocycles. The molecule has 3 atom stereocenters. The van der Waals surface area contributed by atoms with Gasteiger partial charge in [0.05, 0.1) is 6.04 Å². The van der Waals surface area contributed by atoms with Crippen molar-refractivity contribution >= 4 is 16.1 Å². The maximum absolute atomic E-state index is 13.0. The molecule has 0 saturated carbocycles. The number of nitrogens with zero attached hydrogens (tertiary/aromatic N) is 3. The molecule has 1 aromatic carbocycles. The first-order chi connectivity index (χ1) is 12.8. The van der Waals surface area contributed by atoms with Crippen molar-refractivity contribution in [1.29, 1.82) is 0 Å². The van der Waals surface area contributed by atoms with Gasteiger partial charge in [0.1, 0.15) is 6.61 Å². The van der Waals surface area contributed by atoms with Crippen LogP contribution in [0.25, 0.3) is 0 Å². The molecule has 2 aliphatic heterocycles. The molecule has 27 heavy (non-hydrogen) atoms. The molecular formula is C19H29N3O4S. The molecule has 0 unspecified atom stereocenters. The molecule has 2 fully saturated rings. The van der Waals surface area contributed by atoms with E-state index in [0.29, 0.717) is 26.2 Å². The third-order valence-corrected chi connectivity index (χ3v) is 7.56. The number of hydrogen-bond acceptors (Lipinski definition) is 4. The van der Waals surface area contributed by atoms with Gasteiger partial charge in [-0.3, -0.25) is 4.79 Å². The van der Waals surface area contributed by atoms with Crippen LogP contribution < -0.4 is 0 Å². The maximum Gasteiger partial charge on any atom is 0.282 e. The van der Waals surface area contributed by atoms with Crippen LogP contribution in [0.4, 0.5) is 0 Å². The Morgan fingerprint density at radius 1 is 1.22 bits per heavy atom. The van der Waals surface area contributed by atoms with E-state index in [1.54, 1.807) is 18.4 Å². The molecule has 2 aliphatic rings. The lowest BCUT2D eigenvalue weighted by Gasteiger charge is -2.31. The third-order valence-electron chi connectivity index (χ3n) is 5.67. The van der Waals surface area contributed by atoms with E-state index in [9.17, 15) is 13.2 Å². The first kappa shape index (κ1) is 20.3. The number of amides is 1. The number of hydrogen-bond donors (Lipinski definition) is 0. The van der Waals surface area contributed by atoms with Crippen LogP contribution in [0.3, 0.4) is 0 Å². The fourth-order valence-corrected chi connectivity index (χ4v) is 5.60. The minimum Gasteiger partial charge on any atom is -0.372 e. The Labute approximate surface area is 162 Å². The molecule has 8 heteroatoms. The molecule has 0 bridgehead atoms. The second-order valence-corrected chi connectivity index (χ2v) is 9.62. The fourth-order valence-electron chi connectivity index (χ4n) is 4.24. The molecule has 3 rings (SSSR count). The summed E-state index contributed by atoms with van der Waals surface area (Å²) < 4.78 is 34.1. The zero-order valence-electron chi connectivity index (χ0n) is 16.5. The van der Waals surface area contributed by atoms with Crippen LogP contribution in [0.1, 0.15) is 24.1 Å². The van der Waals surface area contributed by atoms with Crippen LogP contribution >= 0.6 is 0 Å². The zero-order chi connectivity index (χ0) is 19.8. The Kier molecular flexibility index (Phi) is 5.90. The van der Waals surface area contributed by atoms with Crippen molar-refractivity contribution in [3.8, 4) is 0 Å². The summed E-state index contributed by atoms with van der Waals surface area (Å²) in [5.74, 6) is 0.207. The number of carbonyl (C=O) groups is 1. The smallest absolute Gasteiger partial charge is 0.282 e. The van der Waals surface area contributed by atoms with Gasteiger partial charge in [-0.2, -0.15) is 17.0 Å². The standard InChI is InChI=1S/C19H29N3O4S/c1-5-26-13-18(23)21-10-15-11-22(27(24,25)20(3)4)19(17(15)12-21)16-9-7-6-8-14(16)2/h6-9,15,17,19H,5,10-13H2,1-4H3/t15-,17-,19+/m0/s1. The van der Waals surface area contributed by atoms with E-state index >= 15 is 0 Å². The number of ether oxygens (including phenoxy) is 1. The van der Waals surface area contributed by atoms with E-state index in [4.69, 9.17) is 4.74 Å². The summed E-state index contributed by atoms with van der Waals surface area (Å²) in [6.45, 7) is 6.05. The average Bonchev–Trinajstić information content (AvgIpc) is 3.18. The largest absolute Gasteiger partial charge is 0.372 e. The highest BCUT2D eigenvalue weighted by atomic mass is 32.2. The topological polar surface area (TPSA) is 70.2 Å². The fraction of sp³-hybridized carbons (Fsp3) is 0.632. The molecule has 1 amide bonds.